The first kappa shape index (κ1) is 13.3. The van der Waals surface area contributed by atoms with E-state index < -0.39 is 0 Å². The number of anilines is 1. The summed E-state index contributed by atoms with van der Waals surface area (Å²) in [6.45, 7) is 4.05. The van der Waals surface area contributed by atoms with Crippen LogP contribution in [0.25, 0.3) is 10.9 Å². The molecule has 1 aliphatic rings. The number of halogens is 1. The van der Waals surface area contributed by atoms with E-state index in [2.05, 4.69) is 41.5 Å². The van der Waals surface area contributed by atoms with Gasteiger partial charge in [0.15, 0.2) is 0 Å². The number of nitrogens with zero attached hydrogens (tertiary/aromatic N) is 1. The number of hydrogen-bond acceptors (Lipinski definition) is 2. The average molecular weight is 292 g/mol. The fourth-order valence-corrected chi connectivity index (χ4v) is 3.25. The molecule has 2 aromatic carbocycles. The third-order valence-corrected chi connectivity index (χ3v) is 4.48. The van der Waals surface area contributed by atoms with Crippen LogP contribution in [0.3, 0.4) is 0 Å². The summed E-state index contributed by atoms with van der Waals surface area (Å²) in [6.07, 6.45) is 0.893. The molecule has 1 unspecified atom stereocenters. The second kappa shape index (κ2) is 4.80. The highest BCUT2D eigenvalue weighted by molar-refractivity contribution is 5.95. The predicted molar refractivity (Wildman–Crippen MR) is 87.7 cm³/mol. The van der Waals surface area contributed by atoms with Crippen LogP contribution in [0.4, 0.5) is 10.1 Å². The molecule has 0 bridgehead atoms. The standard InChI is InChI=1S/C19H17FN2/c1-11-6-8-13(9-7-11)17-10-15-12(2)21-19-14(18(15)22-17)4-3-5-16(19)20/h3-9,17,22H,10H2,1-2H3. The van der Waals surface area contributed by atoms with Gasteiger partial charge in [0.2, 0.25) is 0 Å². The van der Waals surface area contributed by atoms with Crippen molar-refractivity contribution in [1.29, 1.82) is 0 Å². The van der Waals surface area contributed by atoms with Gasteiger partial charge >= 0.3 is 0 Å². The number of rotatable bonds is 1. The van der Waals surface area contributed by atoms with Crippen LogP contribution in [0.2, 0.25) is 0 Å². The maximum absolute atomic E-state index is 14.0. The van der Waals surface area contributed by atoms with Crippen LogP contribution in [-0.2, 0) is 6.42 Å². The lowest BCUT2D eigenvalue weighted by atomic mass is 10.0. The van der Waals surface area contributed by atoms with Gasteiger partial charge in [-0.2, -0.15) is 0 Å². The Morgan fingerprint density at radius 2 is 1.86 bits per heavy atom. The van der Waals surface area contributed by atoms with Crippen molar-refractivity contribution >= 4 is 16.6 Å². The minimum atomic E-state index is -0.260. The topological polar surface area (TPSA) is 24.9 Å². The van der Waals surface area contributed by atoms with Crippen LogP contribution >= 0.6 is 0 Å². The molecule has 22 heavy (non-hydrogen) atoms. The zero-order valence-corrected chi connectivity index (χ0v) is 12.7. The van der Waals surface area contributed by atoms with E-state index in [0.717, 1.165) is 23.2 Å². The van der Waals surface area contributed by atoms with Gasteiger partial charge in [0.25, 0.3) is 0 Å². The van der Waals surface area contributed by atoms with E-state index >= 15 is 0 Å². The molecule has 0 aliphatic carbocycles. The largest absolute Gasteiger partial charge is 0.377 e. The molecule has 3 aromatic rings. The Morgan fingerprint density at radius 3 is 2.64 bits per heavy atom. The molecule has 0 fully saturated rings. The Kier molecular flexibility index (Phi) is 2.89. The van der Waals surface area contributed by atoms with E-state index in [1.807, 2.05) is 13.0 Å². The lowest BCUT2D eigenvalue weighted by Crippen LogP contribution is -2.05. The normalized spacial score (nSPS) is 16.6. The van der Waals surface area contributed by atoms with E-state index in [9.17, 15) is 4.39 Å². The molecular formula is C19H17FN2. The number of aryl methyl sites for hydroxylation is 2. The molecule has 2 heterocycles. The number of nitrogens with one attached hydrogen (secondary N) is 1. The Labute approximate surface area is 129 Å². The van der Waals surface area contributed by atoms with Crippen molar-refractivity contribution in [3.05, 3.63) is 70.7 Å². The fraction of sp³-hybridized carbons (Fsp3) is 0.211. The Bertz CT molecular complexity index is 869. The molecule has 3 heteroatoms. The zero-order valence-electron chi connectivity index (χ0n) is 12.7. The lowest BCUT2D eigenvalue weighted by Gasteiger charge is -2.12. The van der Waals surface area contributed by atoms with Crippen molar-refractivity contribution in [3.63, 3.8) is 0 Å². The first-order chi connectivity index (χ1) is 10.6. The van der Waals surface area contributed by atoms with Gasteiger partial charge in [-0.15, -0.1) is 0 Å². The third-order valence-electron chi connectivity index (χ3n) is 4.48. The van der Waals surface area contributed by atoms with Gasteiger partial charge in [0.05, 0.1) is 6.04 Å². The number of aromatic nitrogens is 1. The van der Waals surface area contributed by atoms with Gasteiger partial charge in [0.1, 0.15) is 11.3 Å². The molecule has 0 spiro atoms. The molecule has 4 rings (SSSR count). The number of hydrogen-bond donors (Lipinski definition) is 1. The lowest BCUT2D eigenvalue weighted by molar-refractivity contribution is 0.636. The van der Waals surface area contributed by atoms with Crippen molar-refractivity contribution in [2.24, 2.45) is 0 Å². The molecule has 1 aromatic heterocycles. The van der Waals surface area contributed by atoms with Gasteiger partial charge in [-0.3, -0.25) is 0 Å². The summed E-state index contributed by atoms with van der Waals surface area (Å²) in [5, 5.41) is 4.45. The van der Waals surface area contributed by atoms with E-state index in [0.29, 0.717) is 5.52 Å². The van der Waals surface area contributed by atoms with E-state index in [1.54, 1.807) is 6.07 Å². The van der Waals surface area contributed by atoms with E-state index in [1.165, 1.54) is 22.8 Å². The first-order valence-electron chi connectivity index (χ1n) is 7.54. The predicted octanol–water partition coefficient (Wildman–Crippen LogP) is 4.70. The second-order valence-electron chi connectivity index (χ2n) is 6.00. The van der Waals surface area contributed by atoms with Crippen LogP contribution in [-0.4, -0.2) is 4.98 Å². The molecule has 0 amide bonds. The summed E-state index contributed by atoms with van der Waals surface area (Å²) < 4.78 is 14.0. The average Bonchev–Trinajstić information content (AvgIpc) is 2.95. The van der Waals surface area contributed by atoms with Gasteiger partial charge in [-0.25, -0.2) is 9.37 Å². The third kappa shape index (κ3) is 1.97. The Balaban J connectivity index is 1.83. The number of pyridine rings is 1. The van der Waals surface area contributed by atoms with Crippen molar-refractivity contribution in [3.8, 4) is 0 Å². The molecule has 1 atom stereocenters. The number of para-hydroxylation sites is 1. The Hall–Kier alpha value is -2.42. The molecule has 1 N–H and O–H groups in total. The highest BCUT2D eigenvalue weighted by atomic mass is 19.1. The first-order valence-corrected chi connectivity index (χ1v) is 7.54. The van der Waals surface area contributed by atoms with Crippen LogP contribution < -0.4 is 5.32 Å². The molecule has 0 saturated carbocycles. The molecule has 2 nitrogen and oxygen atoms in total. The summed E-state index contributed by atoms with van der Waals surface area (Å²) in [5.41, 5.74) is 6.11. The summed E-state index contributed by atoms with van der Waals surface area (Å²) in [5.74, 6) is -0.260. The molecule has 0 radical (unpaired) electrons. The highest BCUT2D eigenvalue weighted by Crippen LogP contribution is 2.40. The number of benzene rings is 2. The summed E-state index contributed by atoms with van der Waals surface area (Å²) in [7, 11) is 0. The van der Waals surface area contributed by atoms with Gasteiger partial charge in [-0.1, -0.05) is 42.0 Å². The summed E-state index contributed by atoms with van der Waals surface area (Å²) in [4.78, 5) is 4.47. The maximum atomic E-state index is 14.0. The van der Waals surface area contributed by atoms with Crippen molar-refractivity contribution in [2.45, 2.75) is 26.3 Å². The van der Waals surface area contributed by atoms with Gasteiger partial charge < -0.3 is 5.32 Å². The van der Waals surface area contributed by atoms with Crippen LogP contribution in [0, 0.1) is 19.7 Å². The Morgan fingerprint density at radius 1 is 1.09 bits per heavy atom. The van der Waals surface area contributed by atoms with Crippen molar-refractivity contribution < 1.29 is 4.39 Å². The van der Waals surface area contributed by atoms with E-state index in [-0.39, 0.29) is 11.9 Å². The van der Waals surface area contributed by atoms with Crippen LogP contribution in [0.1, 0.15) is 28.4 Å². The summed E-state index contributed by atoms with van der Waals surface area (Å²) >= 11 is 0. The SMILES string of the molecule is Cc1ccc(C2Cc3c(C)nc4c(F)cccc4c3N2)cc1. The zero-order chi connectivity index (χ0) is 15.3. The quantitative estimate of drug-likeness (QED) is 0.703. The maximum Gasteiger partial charge on any atom is 0.149 e. The van der Waals surface area contributed by atoms with Crippen LogP contribution in [0.5, 0.6) is 0 Å². The smallest absolute Gasteiger partial charge is 0.149 e. The van der Waals surface area contributed by atoms with Crippen LogP contribution in [0.15, 0.2) is 42.5 Å². The van der Waals surface area contributed by atoms with Crippen molar-refractivity contribution in [2.75, 3.05) is 5.32 Å². The molecule has 1 aliphatic heterocycles. The van der Waals surface area contributed by atoms with Crippen molar-refractivity contribution in [1.82, 2.24) is 4.98 Å². The summed E-state index contributed by atoms with van der Waals surface area (Å²) in [6, 6.07) is 13.9. The molecular weight excluding hydrogens is 275 g/mol. The minimum Gasteiger partial charge on any atom is -0.377 e. The number of fused-ring (bicyclic) bond motifs is 3. The van der Waals surface area contributed by atoms with Gasteiger partial charge in [0, 0.05) is 23.2 Å². The monoisotopic (exact) mass is 292 g/mol. The van der Waals surface area contributed by atoms with E-state index in [4.69, 9.17) is 0 Å². The fourth-order valence-electron chi connectivity index (χ4n) is 3.25. The minimum absolute atomic E-state index is 0.227. The second-order valence-corrected chi connectivity index (χ2v) is 6.00. The highest BCUT2D eigenvalue weighted by Gasteiger charge is 2.26. The molecule has 110 valence electrons. The van der Waals surface area contributed by atoms with Gasteiger partial charge in [-0.05, 0) is 31.0 Å². The molecule has 0 saturated heterocycles.